The molecular formula is C21H20F3N. The largest absolute Gasteiger partial charge is 0.416 e. The molecular weight excluding hydrogens is 323 g/mol. The summed E-state index contributed by atoms with van der Waals surface area (Å²) in [4.78, 5) is 0. The molecule has 3 aromatic rings. The minimum Gasteiger partial charge on any atom is -0.304 e. The quantitative estimate of drug-likeness (QED) is 0.588. The topological polar surface area (TPSA) is 12.0 Å². The smallest absolute Gasteiger partial charge is 0.304 e. The highest BCUT2D eigenvalue weighted by Crippen LogP contribution is 2.31. The SMILES string of the molecule is CC(NC(C)c1cccc2ccccc12)c1cccc(C(F)(F)F)c1. The Bertz CT molecular complexity index is 865. The Morgan fingerprint density at radius 3 is 2.24 bits per heavy atom. The molecule has 2 unspecified atom stereocenters. The Morgan fingerprint density at radius 1 is 0.800 bits per heavy atom. The van der Waals surface area contributed by atoms with Crippen molar-refractivity contribution in [2.24, 2.45) is 0 Å². The summed E-state index contributed by atoms with van der Waals surface area (Å²) in [7, 11) is 0. The lowest BCUT2D eigenvalue weighted by Crippen LogP contribution is -2.23. The van der Waals surface area contributed by atoms with Crippen LogP contribution < -0.4 is 5.32 Å². The van der Waals surface area contributed by atoms with E-state index in [2.05, 4.69) is 29.6 Å². The average molecular weight is 343 g/mol. The lowest BCUT2D eigenvalue weighted by Gasteiger charge is -2.22. The molecule has 4 heteroatoms. The molecule has 0 bridgehead atoms. The Balaban J connectivity index is 1.84. The second kappa shape index (κ2) is 6.89. The predicted octanol–water partition coefficient (Wildman–Crippen LogP) is 6.27. The van der Waals surface area contributed by atoms with Crippen LogP contribution in [0.15, 0.2) is 66.7 Å². The predicted molar refractivity (Wildman–Crippen MR) is 95.4 cm³/mol. The Morgan fingerprint density at radius 2 is 1.48 bits per heavy atom. The van der Waals surface area contributed by atoms with Crippen molar-refractivity contribution >= 4 is 10.8 Å². The summed E-state index contributed by atoms with van der Waals surface area (Å²) in [5, 5.41) is 5.72. The number of rotatable bonds is 4. The van der Waals surface area contributed by atoms with E-state index in [1.807, 2.05) is 32.0 Å². The summed E-state index contributed by atoms with van der Waals surface area (Å²) in [6.45, 7) is 3.92. The second-order valence-corrected chi connectivity index (χ2v) is 6.30. The fraction of sp³-hybridized carbons (Fsp3) is 0.238. The summed E-state index contributed by atoms with van der Waals surface area (Å²) >= 11 is 0. The van der Waals surface area contributed by atoms with E-state index < -0.39 is 11.7 Å². The maximum absolute atomic E-state index is 12.9. The van der Waals surface area contributed by atoms with Gasteiger partial charge in [-0.15, -0.1) is 0 Å². The van der Waals surface area contributed by atoms with Gasteiger partial charge in [0.15, 0.2) is 0 Å². The minimum absolute atomic E-state index is 0.00985. The van der Waals surface area contributed by atoms with Crippen LogP contribution in [-0.2, 0) is 6.18 Å². The first kappa shape index (κ1) is 17.5. The molecule has 0 aliphatic rings. The van der Waals surface area contributed by atoms with Crippen LogP contribution in [0.4, 0.5) is 13.2 Å². The lowest BCUT2D eigenvalue weighted by atomic mass is 9.98. The summed E-state index contributed by atoms with van der Waals surface area (Å²) in [5.41, 5.74) is 1.15. The van der Waals surface area contributed by atoms with Gasteiger partial charge in [0.25, 0.3) is 0 Å². The first-order valence-electron chi connectivity index (χ1n) is 8.27. The van der Waals surface area contributed by atoms with Crippen LogP contribution in [0.3, 0.4) is 0 Å². The molecule has 0 spiro atoms. The van der Waals surface area contributed by atoms with Crippen LogP contribution in [0, 0.1) is 0 Å². The number of fused-ring (bicyclic) bond motifs is 1. The standard InChI is InChI=1S/C21H20F3N/c1-14(17-9-5-10-18(13-17)21(22,23)24)25-15(2)19-12-6-8-16-7-3-4-11-20(16)19/h3-15,25H,1-2H3. The van der Waals surface area contributed by atoms with Gasteiger partial charge in [-0.3, -0.25) is 0 Å². The summed E-state index contributed by atoms with van der Waals surface area (Å²) < 4.78 is 38.7. The zero-order valence-corrected chi connectivity index (χ0v) is 14.1. The molecule has 0 aliphatic carbocycles. The highest BCUT2D eigenvalue weighted by Gasteiger charge is 2.30. The highest BCUT2D eigenvalue weighted by atomic mass is 19.4. The molecule has 0 radical (unpaired) electrons. The third-order valence-corrected chi connectivity index (χ3v) is 4.50. The molecule has 1 N–H and O–H groups in total. The summed E-state index contributed by atoms with van der Waals surface area (Å²) in [5.74, 6) is 0. The average Bonchev–Trinajstić information content (AvgIpc) is 2.60. The molecule has 25 heavy (non-hydrogen) atoms. The number of benzene rings is 3. The monoisotopic (exact) mass is 343 g/mol. The van der Waals surface area contributed by atoms with Gasteiger partial charge >= 0.3 is 6.18 Å². The van der Waals surface area contributed by atoms with E-state index in [-0.39, 0.29) is 12.1 Å². The van der Waals surface area contributed by atoms with Crippen LogP contribution in [0.1, 0.15) is 42.6 Å². The lowest BCUT2D eigenvalue weighted by molar-refractivity contribution is -0.137. The molecule has 0 heterocycles. The van der Waals surface area contributed by atoms with E-state index in [1.54, 1.807) is 6.07 Å². The van der Waals surface area contributed by atoms with E-state index in [1.165, 1.54) is 12.1 Å². The van der Waals surface area contributed by atoms with Gasteiger partial charge < -0.3 is 5.32 Å². The number of hydrogen-bond donors (Lipinski definition) is 1. The number of halogens is 3. The second-order valence-electron chi connectivity index (χ2n) is 6.30. The van der Waals surface area contributed by atoms with Crippen molar-refractivity contribution < 1.29 is 13.2 Å². The number of hydrogen-bond acceptors (Lipinski definition) is 1. The van der Waals surface area contributed by atoms with Gasteiger partial charge in [-0.2, -0.15) is 13.2 Å². The number of alkyl halides is 3. The number of nitrogens with one attached hydrogen (secondary N) is 1. The normalized spacial score (nSPS) is 14.4. The molecule has 0 fully saturated rings. The Hall–Kier alpha value is -2.33. The zero-order chi connectivity index (χ0) is 18.0. The molecule has 0 aromatic heterocycles. The fourth-order valence-electron chi connectivity index (χ4n) is 3.17. The summed E-state index contributed by atoms with van der Waals surface area (Å²) in [6.07, 6.45) is -4.32. The molecule has 0 aliphatic heterocycles. The van der Waals surface area contributed by atoms with Crippen molar-refractivity contribution in [2.45, 2.75) is 32.1 Å². The van der Waals surface area contributed by atoms with Crippen molar-refractivity contribution in [2.75, 3.05) is 0 Å². The van der Waals surface area contributed by atoms with Crippen molar-refractivity contribution in [3.05, 3.63) is 83.4 Å². The van der Waals surface area contributed by atoms with Crippen LogP contribution in [0.2, 0.25) is 0 Å². The maximum atomic E-state index is 12.9. The third kappa shape index (κ3) is 3.85. The van der Waals surface area contributed by atoms with Gasteiger partial charge in [-0.25, -0.2) is 0 Å². The minimum atomic E-state index is -4.32. The molecule has 1 nitrogen and oxygen atoms in total. The van der Waals surface area contributed by atoms with E-state index in [9.17, 15) is 13.2 Å². The van der Waals surface area contributed by atoms with Crippen molar-refractivity contribution in [1.82, 2.24) is 5.32 Å². The van der Waals surface area contributed by atoms with Gasteiger partial charge in [-0.1, -0.05) is 54.6 Å². The third-order valence-electron chi connectivity index (χ3n) is 4.50. The van der Waals surface area contributed by atoms with E-state index in [0.717, 1.165) is 22.4 Å². The van der Waals surface area contributed by atoms with Crippen LogP contribution in [-0.4, -0.2) is 0 Å². The molecule has 3 rings (SSSR count). The molecule has 130 valence electrons. The first-order valence-corrected chi connectivity index (χ1v) is 8.27. The van der Waals surface area contributed by atoms with Crippen LogP contribution in [0.5, 0.6) is 0 Å². The maximum Gasteiger partial charge on any atom is 0.416 e. The van der Waals surface area contributed by atoms with E-state index >= 15 is 0 Å². The molecule has 0 amide bonds. The van der Waals surface area contributed by atoms with Gasteiger partial charge in [0, 0.05) is 12.1 Å². The van der Waals surface area contributed by atoms with Gasteiger partial charge in [-0.05, 0) is 47.9 Å². The first-order chi connectivity index (χ1) is 11.9. The molecule has 3 aromatic carbocycles. The van der Waals surface area contributed by atoms with Crippen molar-refractivity contribution in [3.8, 4) is 0 Å². The van der Waals surface area contributed by atoms with Gasteiger partial charge in [0.05, 0.1) is 5.56 Å². The van der Waals surface area contributed by atoms with Crippen LogP contribution in [0.25, 0.3) is 10.8 Å². The fourth-order valence-corrected chi connectivity index (χ4v) is 3.17. The van der Waals surface area contributed by atoms with Crippen molar-refractivity contribution in [3.63, 3.8) is 0 Å². The summed E-state index contributed by atoms with van der Waals surface area (Å²) in [6, 6.07) is 19.5. The van der Waals surface area contributed by atoms with Crippen molar-refractivity contribution in [1.29, 1.82) is 0 Å². The zero-order valence-electron chi connectivity index (χ0n) is 14.1. The Labute approximate surface area is 145 Å². The van der Waals surface area contributed by atoms with E-state index in [4.69, 9.17) is 0 Å². The molecule has 2 atom stereocenters. The molecule has 0 saturated carbocycles. The highest BCUT2D eigenvalue weighted by molar-refractivity contribution is 5.86. The Kier molecular flexibility index (Phi) is 4.82. The van der Waals surface area contributed by atoms with Crippen LogP contribution >= 0.6 is 0 Å². The van der Waals surface area contributed by atoms with E-state index in [0.29, 0.717) is 5.56 Å². The van der Waals surface area contributed by atoms with Gasteiger partial charge in [0.1, 0.15) is 0 Å². The van der Waals surface area contributed by atoms with Gasteiger partial charge in [0.2, 0.25) is 0 Å². The molecule has 0 saturated heterocycles.